The van der Waals surface area contributed by atoms with E-state index in [0.717, 1.165) is 30.2 Å². The molecular formula is C21H29N3O2. The summed E-state index contributed by atoms with van der Waals surface area (Å²) >= 11 is 0. The molecule has 0 atom stereocenters. The molecule has 1 amide bonds. The highest BCUT2D eigenvalue weighted by Crippen LogP contribution is 2.22. The molecule has 0 aliphatic heterocycles. The van der Waals surface area contributed by atoms with E-state index in [1.54, 1.807) is 7.11 Å². The summed E-state index contributed by atoms with van der Waals surface area (Å²) in [6, 6.07) is 13.7. The molecule has 2 aromatic carbocycles. The molecule has 0 unspecified atom stereocenters. The van der Waals surface area contributed by atoms with Crippen molar-refractivity contribution < 1.29 is 9.53 Å². The first-order chi connectivity index (χ1) is 12.6. The third kappa shape index (κ3) is 5.41. The van der Waals surface area contributed by atoms with Gasteiger partial charge in [-0.3, -0.25) is 4.79 Å². The lowest BCUT2D eigenvalue weighted by atomic mass is 10.1. The van der Waals surface area contributed by atoms with Gasteiger partial charge in [0.05, 0.1) is 7.11 Å². The van der Waals surface area contributed by atoms with Gasteiger partial charge in [0.1, 0.15) is 5.75 Å². The molecule has 0 bridgehead atoms. The molecule has 0 fully saturated rings. The summed E-state index contributed by atoms with van der Waals surface area (Å²) in [7, 11) is 1.62. The summed E-state index contributed by atoms with van der Waals surface area (Å²) < 4.78 is 5.11. The average Bonchev–Trinajstić information content (AvgIpc) is 2.65. The zero-order valence-corrected chi connectivity index (χ0v) is 16.1. The monoisotopic (exact) mass is 355 g/mol. The predicted octanol–water partition coefficient (Wildman–Crippen LogP) is 4.29. The molecule has 2 N–H and O–H groups in total. The Morgan fingerprint density at radius 3 is 2.35 bits per heavy atom. The number of carbonyl (C=O) groups excluding carboxylic acids is 1. The molecular weight excluding hydrogens is 326 g/mol. The van der Waals surface area contributed by atoms with E-state index < -0.39 is 0 Å². The molecule has 0 aliphatic carbocycles. The molecule has 0 saturated carbocycles. The Kier molecular flexibility index (Phi) is 7.33. The van der Waals surface area contributed by atoms with Crippen LogP contribution in [0.4, 0.5) is 17.1 Å². The largest absolute Gasteiger partial charge is 0.497 e. The van der Waals surface area contributed by atoms with Crippen LogP contribution in [0.15, 0.2) is 42.5 Å². The number of benzene rings is 2. The molecule has 5 nitrogen and oxygen atoms in total. The van der Waals surface area contributed by atoms with Crippen LogP contribution in [0.2, 0.25) is 0 Å². The fraction of sp³-hybridized carbons (Fsp3) is 0.381. The third-order valence-electron chi connectivity index (χ3n) is 4.38. The van der Waals surface area contributed by atoms with E-state index in [9.17, 15) is 4.79 Å². The lowest BCUT2D eigenvalue weighted by Crippen LogP contribution is -2.22. The number of amides is 1. The maximum absolute atomic E-state index is 12.1. The van der Waals surface area contributed by atoms with E-state index in [-0.39, 0.29) is 5.91 Å². The number of hydrogen-bond acceptors (Lipinski definition) is 4. The number of aryl methyl sites for hydroxylation is 1. The van der Waals surface area contributed by atoms with Crippen LogP contribution in [0.1, 0.15) is 25.8 Å². The first-order valence-corrected chi connectivity index (χ1v) is 9.10. The average molecular weight is 355 g/mol. The predicted molar refractivity (Wildman–Crippen MR) is 109 cm³/mol. The Bertz CT molecular complexity index is 710. The Hall–Kier alpha value is -2.69. The van der Waals surface area contributed by atoms with Gasteiger partial charge in [0.15, 0.2) is 0 Å². The van der Waals surface area contributed by atoms with Gasteiger partial charge in [-0.2, -0.15) is 0 Å². The summed E-state index contributed by atoms with van der Waals surface area (Å²) in [5.74, 6) is 0.758. The number of nitrogens with zero attached hydrogens (tertiary/aromatic N) is 1. The van der Waals surface area contributed by atoms with Gasteiger partial charge in [-0.05, 0) is 68.8 Å². The van der Waals surface area contributed by atoms with Gasteiger partial charge >= 0.3 is 0 Å². The normalized spacial score (nSPS) is 10.3. The molecule has 0 aromatic heterocycles. The minimum atomic E-state index is -0.0138. The van der Waals surface area contributed by atoms with Gasteiger partial charge in [0.25, 0.3) is 0 Å². The second-order valence-corrected chi connectivity index (χ2v) is 6.12. The van der Waals surface area contributed by atoms with Crippen molar-refractivity contribution in [1.82, 2.24) is 0 Å². The standard InChI is InChI=1S/C21H29N3O2/c1-5-24(6-2)18-9-12-20(16(3)15-18)22-14-13-21(25)23-17-7-10-19(26-4)11-8-17/h7-12,15,22H,5-6,13-14H2,1-4H3,(H,23,25). The van der Waals surface area contributed by atoms with Crippen molar-refractivity contribution in [3.63, 3.8) is 0 Å². The van der Waals surface area contributed by atoms with E-state index >= 15 is 0 Å². The van der Waals surface area contributed by atoms with Crippen LogP contribution in [0.5, 0.6) is 5.75 Å². The molecule has 0 spiro atoms. The zero-order valence-electron chi connectivity index (χ0n) is 16.1. The van der Waals surface area contributed by atoms with Crippen LogP contribution >= 0.6 is 0 Å². The Morgan fingerprint density at radius 1 is 1.08 bits per heavy atom. The number of carbonyl (C=O) groups is 1. The first kappa shape index (κ1) is 19.6. The topological polar surface area (TPSA) is 53.6 Å². The first-order valence-electron chi connectivity index (χ1n) is 9.10. The Labute approximate surface area is 156 Å². The van der Waals surface area contributed by atoms with Crippen LogP contribution < -0.4 is 20.3 Å². The summed E-state index contributed by atoms with van der Waals surface area (Å²) in [6.07, 6.45) is 0.406. The second kappa shape index (κ2) is 9.70. The summed E-state index contributed by atoms with van der Waals surface area (Å²) in [4.78, 5) is 14.4. The van der Waals surface area contributed by atoms with Crippen molar-refractivity contribution in [2.24, 2.45) is 0 Å². The summed E-state index contributed by atoms with van der Waals surface area (Å²) in [5.41, 5.74) is 4.26. The van der Waals surface area contributed by atoms with Crippen molar-refractivity contribution in [3.05, 3.63) is 48.0 Å². The number of rotatable bonds is 9. The zero-order chi connectivity index (χ0) is 18.9. The van der Waals surface area contributed by atoms with Crippen LogP contribution in [0, 0.1) is 6.92 Å². The van der Waals surface area contributed by atoms with E-state index in [2.05, 4.69) is 54.5 Å². The maximum atomic E-state index is 12.1. The fourth-order valence-electron chi connectivity index (χ4n) is 2.84. The van der Waals surface area contributed by atoms with Gasteiger partial charge in [-0.15, -0.1) is 0 Å². The molecule has 5 heteroatoms. The van der Waals surface area contributed by atoms with Crippen LogP contribution in [0.3, 0.4) is 0 Å². The van der Waals surface area contributed by atoms with Crippen molar-refractivity contribution in [2.75, 3.05) is 42.3 Å². The number of anilines is 3. The van der Waals surface area contributed by atoms with Crippen molar-refractivity contribution in [2.45, 2.75) is 27.2 Å². The number of hydrogen-bond donors (Lipinski definition) is 2. The Morgan fingerprint density at radius 2 is 1.77 bits per heavy atom. The lowest BCUT2D eigenvalue weighted by Gasteiger charge is -2.22. The van der Waals surface area contributed by atoms with Gasteiger partial charge < -0.3 is 20.3 Å². The minimum absolute atomic E-state index is 0.0138. The van der Waals surface area contributed by atoms with E-state index in [1.165, 1.54) is 11.3 Å². The van der Waals surface area contributed by atoms with Crippen molar-refractivity contribution in [1.29, 1.82) is 0 Å². The number of nitrogens with one attached hydrogen (secondary N) is 2. The highest BCUT2D eigenvalue weighted by Gasteiger charge is 2.06. The van der Waals surface area contributed by atoms with E-state index in [0.29, 0.717) is 13.0 Å². The van der Waals surface area contributed by atoms with Crippen molar-refractivity contribution in [3.8, 4) is 5.75 Å². The molecule has 0 saturated heterocycles. The maximum Gasteiger partial charge on any atom is 0.226 e. The fourth-order valence-corrected chi connectivity index (χ4v) is 2.84. The van der Waals surface area contributed by atoms with Crippen LogP contribution in [-0.2, 0) is 4.79 Å². The van der Waals surface area contributed by atoms with Gasteiger partial charge in [-0.25, -0.2) is 0 Å². The Balaban J connectivity index is 1.83. The molecule has 2 aromatic rings. The number of methoxy groups -OCH3 is 1. The molecule has 0 aliphatic rings. The second-order valence-electron chi connectivity index (χ2n) is 6.12. The molecule has 140 valence electrons. The molecule has 0 heterocycles. The quantitative estimate of drug-likeness (QED) is 0.704. The van der Waals surface area contributed by atoms with E-state index in [1.807, 2.05) is 24.3 Å². The van der Waals surface area contributed by atoms with Crippen LogP contribution in [0.25, 0.3) is 0 Å². The van der Waals surface area contributed by atoms with Crippen molar-refractivity contribution >= 4 is 23.0 Å². The minimum Gasteiger partial charge on any atom is -0.497 e. The molecule has 0 radical (unpaired) electrons. The van der Waals surface area contributed by atoms with Gasteiger partial charge in [-0.1, -0.05) is 0 Å². The van der Waals surface area contributed by atoms with Gasteiger partial charge in [0, 0.05) is 43.1 Å². The molecule has 26 heavy (non-hydrogen) atoms. The number of ether oxygens (including phenoxy) is 1. The smallest absolute Gasteiger partial charge is 0.226 e. The highest BCUT2D eigenvalue weighted by molar-refractivity contribution is 5.91. The third-order valence-corrected chi connectivity index (χ3v) is 4.38. The SMILES string of the molecule is CCN(CC)c1ccc(NCCC(=O)Nc2ccc(OC)cc2)c(C)c1. The molecule has 2 rings (SSSR count). The van der Waals surface area contributed by atoms with Crippen LogP contribution in [-0.4, -0.2) is 32.7 Å². The van der Waals surface area contributed by atoms with E-state index in [4.69, 9.17) is 4.74 Å². The highest BCUT2D eigenvalue weighted by atomic mass is 16.5. The lowest BCUT2D eigenvalue weighted by molar-refractivity contribution is -0.115. The van der Waals surface area contributed by atoms with Gasteiger partial charge in [0.2, 0.25) is 5.91 Å². The summed E-state index contributed by atoms with van der Waals surface area (Å²) in [6.45, 7) is 8.99. The summed E-state index contributed by atoms with van der Waals surface area (Å²) in [5, 5.41) is 6.24.